The minimum absolute atomic E-state index is 0.00296. The fraction of sp³-hybridized carbons (Fsp3) is 0.807. The first-order chi connectivity index (χ1) is 39.3. The second-order valence-corrected chi connectivity index (χ2v) is 24.1. The molecule has 0 radical (unpaired) electrons. The lowest BCUT2D eigenvalue weighted by molar-refractivity contribution is -0.137. The number of hydrogen-bond acceptors (Lipinski definition) is 15. The molecule has 0 aromatic heterocycles. The summed E-state index contributed by atoms with van der Waals surface area (Å²) in [5.41, 5.74) is 28.4. The van der Waals surface area contributed by atoms with Crippen LogP contribution in [0.3, 0.4) is 0 Å². The second kappa shape index (κ2) is 41.8. The van der Waals surface area contributed by atoms with Crippen molar-refractivity contribution in [1.29, 1.82) is 0 Å². The quantitative estimate of drug-likeness (QED) is 0.0193. The van der Waals surface area contributed by atoms with Gasteiger partial charge in [0, 0.05) is 12.6 Å². The van der Waals surface area contributed by atoms with Crippen LogP contribution in [0.1, 0.15) is 173 Å². The molecule has 0 saturated carbocycles. The normalized spacial score (nSPS) is 15.4. The molecule has 0 aromatic rings. The van der Waals surface area contributed by atoms with E-state index in [0.717, 1.165) is 0 Å². The van der Waals surface area contributed by atoms with E-state index in [4.69, 9.17) is 28.7 Å². The molecule has 84 heavy (non-hydrogen) atoms. The average Bonchev–Trinajstić information content (AvgIpc) is 3.58. The molecule has 0 bridgehead atoms. The maximum absolute atomic E-state index is 14.6. The number of carbonyl (C=O) groups is 10. The molecule has 484 valence electrons. The predicted molar refractivity (Wildman–Crippen MR) is 324 cm³/mol. The number of unbranched alkanes of at least 4 members (excludes halogenated alkanes) is 2. The first-order valence-corrected chi connectivity index (χ1v) is 30.2. The summed E-state index contributed by atoms with van der Waals surface area (Å²) in [4.78, 5) is 142. The average molecular weight is 1200 g/mol. The molecular weight excluding hydrogens is 1080 g/mol. The summed E-state index contributed by atoms with van der Waals surface area (Å²) >= 11 is 0. The largest absolute Gasteiger partial charge is 0.391 e. The van der Waals surface area contributed by atoms with Crippen molar-refractivity contribution in [3.63, 3.8) is 0 Å². The molecular formula is C57H110N16O11. The minimum atomic E-state index is -1.63. The first kappa shape index (κ1) is 77.8. The third-order valence-electron chi connectivity index (χ3n) is 13.7. The molecule has 0 aliphatic rings. The van der Waals surface area contributed by atoms with Crippen molar-refractivity contribution in [2.24, 2.45) is 63.3 Å². The summed E-state index contributed by atoms with van der Waals surface area (Å²) in [6.07, 6.45) is 1.52. The lowest BCUT2D eigenvalue weighted by Crippen LogP contribution is -2.62. The fourth-order valence-corrected chi connectivity index (χ4v) is 8.89. The zero-order valence-corrected chi connectivity index (χ0v) is 52.6. The van der Waals surface area contributed by atoms with E-state index in [0.29, 0.717) is 32.1 Å². The lowest BCUT2D eigenvalue weighted by atomic mass is 9.96. The van der Waals surface area contributed by atoms with Gasteiger partial charge in [0.2, 0.25) is 59.1 Å². The van der Waals surface area contributed by atoms with Gasteiger partial charge in [0.25, 0.3) is 0 Å². The van der Waals surface area contributed by atoms with E-state index in [9.17, 15) is 53.1 Å². The van der Waals surface area contributed by atoms with Gasteiger partial charge in [-0.1, -0.05) is 89.5 Å². The third-order valence-corrected chi connectivity index (χ3v) is 13.7. The molecule has 0 unspecified atom stereocenters. The van der Waals surface area contributed by atoms with E-state index in [1.54, 1.807) is 13.8 Å². The van der Waals surface area contributed by atoms with Gasteiger partial charge in [-0.05, 0) is 127 Å². The Morgan fingerprint density at radius 2 is 0.750 bits per heavy atom. The van der Waals surface area contributed by atoms with Crippen LogP contribution in [0, 0.1) is 29.6 Å². The number of rotatable bonds is 44. The molecule has 10 amide bonds. The number of amides is 10. The molecule has 0 aliphatic carbocycles. The fourth-order valence-electron chi connectivity index (χ4n) is 8.89. The predicted octanol–water partition coefficient (Wildman–Crippen LogP) is -1.24. The van der Waals surface area contributed by atoms with E-state index in [-0.39, 0.29) is 113 Å². The molecule has 11 atom stereocenters. The number of aliphatic hydroxyl groups excluding tert-OH is 1. The van der Waals surface area contributed by atoms with Gasteiger partial charge in [-0.2, -0.15) is 0 Å². The number of hydrogen-bond donors (Lipinski definition) is 16. The van der Waals surface area contributed by atoms with Crippen LogP contribution < -0.4 is 81.8 Å². The highest BCUT2D eigenvalue weighted by Gasteiger charge is 2.37. The van der Waals surface area contributed by atoms with Crippen LogP contribution in [0.4, 0.5) is 0 Å². The molecule has 0 saturated heterocycles. The van der Waals surface area contributed by atoms with Crippen LogP contribution in [-0.4, -0.2) is 163 Å². The van der Waals surface area contributed by atoms with E-state index in [2.05, 4.69) is 58.2 Å². The number of primary amides is 1. The summed E-state index contributed by atoms with van der Waals surface area (Å²) in [5.74, 6) is -8.26. The minimum Gasteiger partial charge on any atom is -0.391 e. The molecule has 0 aliphatic heterocycles. The molecule has 0 aromatic carbocycles. The maximum atomic E-state index is 14.6. The van der Waals surface area contributed by atoms with E-state index in [1.807, 2.05) is 69.2 Å². The Hall–Kier alpha value is -6.19. The number of nitrogens with zero attached hydrogens (tertiary/aromatic N) is 1. The van der Waals surface area contributed by atoms with Crippen molar-refractivity contribution in [2.75, 3.05) is 26.2 Å². The summed E-state index contributed by atoms with van der Waals surface area (Å²) in [5, 5.41) is 38.3. The van der Waals surface area contributed by atoms with Crippen LogP contribution >= 0.6 is 0 Å². The summed E-state index contributed by atoms with van der Waals surface area (Å²) in [6.45, 7) is 23.9. The molecule has 0 rings (SSSR count). The van der Waals surface area contributed by atoms with Crippen LogP contribution in [0.15, 0.2) is 4.99 Å². The van der Waals surface area contributed by atoms with Crippen LogP contribution in [-0.2, 0) is 47.9 Å². The molecule has 27 nitrogen and oxygen atoms in total. The highest BCUT2D eigenvalue weighted by molar-refractivity contribution is 5.98. The van der Waals surface area contributed by atoms with Gasteiger partial charge >= 0.3 is 0 Å². The molecule has 27 heteroatoms. The summed E-state index contributed by atoms with van der Waals surface area (Å²) in [6, 6.07) is -11.2. The highest BCUT2D eigenvalue weighted by atomic mass is 16.3. The van der Waals surface area contributed by atoms with Crippen molar-refractivity contribution < 1.29 is 53.1 Å². The Kier molecular flexibility index (Phi) is 38.7. The summed E-state index contributed by atoms with van der Waals surface area (Å²) in [7, 11) is 0. The van der Waals surface area contributed by atoms with Gasteiger partial charge in [0.15, 0.2) is 5.96 Å². The number of nitrogens with two attached hydrogens (primary N) is 5. The maximum Gasteiger partial charge on any atom is 0.245 e. The van der Waals surface area contributed by atoms with Crippen molar-refractivity contribution >= 4 is 65.0 Å². The lowest BCUT2D eigenvalue weighted by Gasteiger charge is -2.30. The number of aliphatic hydroxyl groups is 1. The van der Waals surface area contributed by atoms with Crippen LogP contribution in [0.2, 0.25) is 0 Å². The van der Waals surface area contributed by atoms with Gasteiger partial charge in [0.1, 0.15) is 54.4 Å². The Morgan fingerprint density at radius 3 is 1.13 bits per heavy atom. The zero-order valence-electron chi connectivity index (χ0n) is 52.6. The standard InChI is InChI=1S/C57H110N16O11/c1-14-36(12)46(55(83)68-39(21-16-18-24-59)51(79)73-47(37(13)74)56(84)71-44(29-34(8)9)54(82)69-41(48(60)76)26-31(2)3)72-50(78)40(22-19-25-63-57(61)62)66-49(77)38(20-15-17-23-58)67-53(81)43(28-33(6)7)70-52(80)42(27-32(4)5)65-45(75)30-64-35(10)11/h31-44,46-47,64,74H,14-30,58-59H2,1-13H3,(H2,60,76)(H,65,75)(H,66,77)(H,67,81)(H,68,83)(H,69,82)(H,70,80)(H,71,84)(H,72,78)(H,73,79)(H4,61,62,63)/t36-,37+,38-,39-,40-,41-,42-,43-,44-,46-,47-/m0/s1. The molecule has 21 N–H and O–H groups in total. The van der Waals surface area contributed by atoms with E-state index < -0.39 is 125 Å². The van der Waals surface area contributed by atoms with E-state index in [1.165, 1.54) is 6.92 Å². The first-order valence-electron chi connectivity index (χ1n) is 30.2. The van der Waals surface area contributed by atoms with Gasteiger partial charge in [-0.25, -0.2) is 0 Å². The molecule has 0 spiro atoms. The Labute approximate surface area is 499 Å². The van der Waals surface area contributed by atoms with Crippen molar-refractivity contribution in [3.05, 3.63) is 0 Å². The Morgan fingerprint density at radius 1 is 0.417 bits per heavy atom. The van der Waals surface area contributed by atoms with Crippen LogP contribution in [0.5, 0.6) is 0 Å². The smallest absolute Gasteiger partial charge is 0.245 e. The van der Waals surface area contributed by atoms with Gasteiger partial charge in [-0.3, -0.25) is 52.9 Å². The number of carbonyl (C=O) groups excluding carboxylic acids is 10. The third kappa shape index (κ3) is 32.8. The topological polar surface area (TPSA) is 454 Å². The monoisotopic (exact) mass is 1190 g/mol. The number of guanidine groups is 1. The van der Waals surface area contributed by atoms with Crippen LogP contribution in [0.25, 0.3) is 0 Å². The second-order valence-electron chi connectivity index (χ2n) is 24.1. The molecule has 0 fully saturated rings. The Bertz CT molecular complexity index is 2090. The van der Waals surface area contributed by atoms with Gasteiger partial charge in [0.05, 0.1) is 12.6 Å². The Balaban J connectivity index is 7.05. The number of nitrogens with one attached hydrogen (secondary N) is 10. The SMILES string of the molecule is CC[C@H](C)[C@H](NC(=O)[C@H](CCCN=C(N)N)NC(=O)[C@H](CCCCN)NC(=O)[C@H](CC(C)C)NC(=O)[C@H](CC(C)C)NC(=O)CNC(C)C)C(=O)N[C@@H](CCCCN)C(=O)N[C@H](C(=O)N[C@@H](CC(C)C)C(=O)N[C@@H](CC(C)C)C(N)=O)[C@@H](C)O. The van der Waals surface area contributed by atoms with Crippen molar-refractivity contribution in [3.8, 4) is 0 Å². The molecule has 0 heterocycles. The van der Waals surface area contributed by atoms with Gasteiger partial charge in [-0.15, -0.1) is 0 Å². The van der Waals surface area contributed by atoms with Crippen molar-refractivity contribution in [1.82, 2.24) is 53.2 Å². The van der Waals surface area contributed by atoms with Gasteiger partial charge < -0.3 is 86.9 Å². The highest BCUT2D eigenvalue weighted by Crippen LogP contribution is 2.15. The summed E-state index contributed by atoms with van der Waals surface area (Å²) < 4.78 is 0. The number of aliphatic imine (C=N–C) groups is 1. The van der Waals surface area contributed by atoms with Crippen molar-refractivity contribution in [2.45, 2.75) is 240 Å². The van der Waals surface area contributed by atoms with E-state index >= 15 is 0 Å². The zero-order chi connectivity index (χ0) is 64.4.